The van der Waals surface area contributed by atoms with E-state index >= 15 is 0 Å². The molecular weight excluding hydrogens is 483 g/mol. The van der Waals surface area contributed by atoms with Gasteiger partial charge in [0.25, 0.3) is 0 Å². The fraction of sp³-hybridized carbons (Fsp3) is 0.438. The third-order valence-electron chi connectivity index (χ3n) is 3.31. The highest BCUT2D eigenvalue weighted by Gasteiger charge is 2.02. The number of aliphatic imine (C=N–C) groups is 1. The summed E-state index contributed by atoms with van der Waals surface area (Å²) in [5, 5.41) is 14.6. The normalized spacial score (nSPS) is 11.0. The first kappa shape index (κ1) is 20.9. The van der Waals surface area contributed by atoms with Crippen LogP contribution in [0.2, 0.25) is 0 Å². The van der Waals surface area contributed by atoms with Gasteiger partial charge in [0.1, 0.15) is 12.2 Å². The van der Waals surface area contributed by atoms with E-state index in [1.165, 1.54) is 5.56 Å². The summed E-state index contributed by atoms with van der Waals surface area (Å²) in [6.45, 7) is 7.20. The number of aromatic nitrogens is 3. The van der Waals surface area contributed by atoms with E-state index in [4.69, 9.17) is 0 Å². The average Bonchev–Trinajstić information content (AvgIpc) is 3.00. The molecule has 0 radical (unpaired) electrons. The van der Waals surface area contributed by atoms with Crippen LogP contribution in [-0.4, -0.2) is 33.8 Å². The van der Waals surface area contributed by atoms with Crippen molar-refractivity contribution in [3.8, 4) is 0 Å². The average molecular weight is 507 g/mol. The minimum Gasteiger partial charge on any atom is -0.357 e. The molecule has 1 heterocycles. The van der Waals surface area contributed by atoms with Crippen molar-refractivity contribution in [2.75, 3.05) is 13.1 Å². The maximum atomic E-state index is 4.62. The molecule has 0 fully saturated rings. The fourth-order valence-electron chi connectivity index (χ4n) is 2.18. The van der Waals surface area contributed by atoms with Crippen LogP contribution in [-0.2, 0) is 19.5 Å². The topological polar surface area (TPSA) is 67.1 Å². The Hall–Kier alpha value is -1.16. The number of hydrogen-bond donors (Lipinski definition) is 2. The lowest BCUT2D eigenvalue weighted by atomic mass is 10.2. The van der Waals surface area contributed by atoms with Crippen molar-refractivity contribution < 1.29 is 0 Å². The predicted molar refractivity (Wildman–Crippen MR) is 112 cm³/mol. The smallest absolute Gasteiger partial charge is 0.191 e. The Morgan fingerprint density at radius 1 is 1.29 bits per heavy atom. The number of hydrogen-bond acceptors (Lipinski definition) is 3. The van der Waals surface area contributed by atoms with Gasteiger partial charge < -0.3 is 15.2 Å². The lowest BCUT2D eigenvalue weighted by Gasteiger charge is -2.12. The van der Waals surface area contributed by atoms with Gasteiger partial charge in [-0.2, -0.15) is 0 Å². The Bertz CT molecular complexity index is 643. The van der Waals surface area contributed by atoms with Crippen LogP contribution in [0.1, 0.15) is 25.2 Å². The number of halogens is 2. The molecule has 24 heavy (non-hydrogen) atoms. The molecule has 0 aliphatic heterocycles. The summed E-state index contributed by atoms with van der Waals surface area (Å²) in [5.41, 5.74) is 1.17. The van der Waals surface area contributed by atoms with Crippen molar-refractivity contribution in [2.24, 2.45) is 4.99 Å². The molecule has 0 aliphatic carbocycles. The molecule has 1 aromatic heterocycles. The number of aryl methyl sites for hydroxylation is 1. The van der Waals surface area contributed by atoms with Gasteiger partial charge >= 0.3 is 0 Å². The molecule has 0 saturated heterocycles. The zero-order valence-corrected chi connectivity index (χ0v) is 17.9. The molecule has 0 atom stereocenters. The minimum atomic E-state index is 0. The maximum Gasteiger partial charge on any atom is 0.191 e. The number of nitrogens with zero attached hydrogens (tertiary/aromatic N) is 4. The quantitative estimate of drug-likeness (QED) is 0.344. The van der Waals surface area contributed by atoms with Gasteiger partial charge in [0.15, 0.2) is 5.96 Å². The second-order valence-corrected chi connectivity index (χ2v) is 5.96. The molecule has 2 N–H and O–H groups in total. The zero-order chi connectivity index (χ0) is 16.5. The minimum absolute atomic E-state index is 0. The Morgan fingerprint density at radius 3 is 2.83 bits per heavy atom. The Morgan fingerprint density at radius 2 is 2.12 bits per heavy atom. The lowest BCUT2D eigenvalue weighted by molar-refractivity contribution is 0.632. The van der Waals surface area contributed by atoms with E-state index in [1.807, 2.05) is 12.1 Å². The lowest BCUT2D eigenvalue weighted by Crippen LogP contribution is -2.38. The van der Waals surface area contributed by atoms with Crippen LogP contribution < -0.4 is 10.6 Å². The van der Waals surface area contributed by atoms with Gasteiger partial charge in [-0.3, -0.25) is 0 Å². The van der Waals surface area contributed by atoms with Crippen LogP contribution in [0.25, 0.3) is 0 Å². The highest BCUT2D eigenvalue weighted by Crippen LogP contribution is 2.12. The van der Waals surface area contributed by atoms with Gasteiger partial charge in [0.05, 0.1) is 6.54 Å². The molecule has 132 valence electrons. The van der Waals surface area contributed by atoms with Crippen molar-refractivity contribution in [3.05, 3.63) is 46.5 Å². The van der Waals surface area contributed by atoms with Gasteiger partial charge in [-0.1, -0.05) is 35.0 Å². The molecule has 0 unspecified atom stereocenters. The van der Waals surface area contributed by atoms with Crippen LogP contribution in [0.3, 0.4) is 0 Å². The van der Waals surface area contributed by atoms with E-state index in [9.17, 15) is 0 Å². The predicted octanol–water partition coefficient (Wildman–Crippen LogP) is 2.98. The van der Waals surface area contributed by atoms with E-state index in [0.717, 1.165) is 42.3 Å². The van der Waals surface area contributed by atoms with E-state index < -0.39 is 0 Å². The summed E-state index contributed by atoms with van der Waals surface area (Å²) in [6, 6.07) is 8.19. The van der Waals surface area contributed by atoms with E-state index in [1.54, 1.807) is 6.33 Å². The van der Waals surface area contributed by atoms with E-state index in [0.29, 0.717) is 6.54 Å². The van der Waals surface area contributed by atoms with Gasteiger partial charge in [-0.25, -0.2) is 4.99 Å². The summed E-state index contributed by atoms with van der Waals surface area (Å²) < 4.78 is 3.13. The molecule has 2 aromatic rings. The summed E-state index contributed by atoms with van der Waals surface area (Å²) in [6.07, 6.45) is 2.66. The molecule has 1 aromatic carbocycles. The first-order valence-electron chi connectivity index (χ1n) is 7.86. The van der Waals surface area contributed by atoms with Crippen LogP contribution in [0.15, 0.2) is 40.1 Å². The van der Waals surface area contributed by atoms with E-state index in [-0.39, 0.29) is 24.0 Å². The first-order valence-corrected chi connectivity index (χ1v) is 8.65. The third kappa shape index (κ3) is 6.76. The van der Waals surface area contributed by atoms with Crippen LogP contribution in [0.4, 0.5) is 0 Å². The largest absolute Gasteiger partial charge is 0.357 e. The van der Waals surface area contributed by atoms with Crippen LogP contribution in [0, 0.1) is 0 Å². The van der Waals surface area contributed by atoms with Gasteiger partial charge in [-0.05, 0) is 24.6 Å². The van der Waals surface area contributed by atoms with Crippen molar-refractivity contribution in [1.29, 1.82) is 0 Å². The number of benzene rings is 1. The molecular formula is C16H24BrIN6. The van der Waals surface area contributed by atoms with Crippen molar-refractivity contribution in [1.82, 2.24) is 25.4 Å². The molecule has 0 bridgehead atoms. The van der Waals surface area contributed by atoms with Crippen LogP contribution in [0.5, 0.6) is 0 Å². The van der Waals surface area contributed by atoms with Crippen molar-refractivity contribution in [2.45, 2.75) is 33.4 Å². The highest BCUT2D eigenvalue weighted by atomic mass is 127. The van der Waals surface area contributed by atoms with Crippen molar-refractivity contribution in [3.63, 3.8) is 0 Å². The van der Waals surface area contributed by atoms with Crippen LogP contribution >= 0.6 is 39.9 Å². The molecule has 2 rings (SSSR count). The van der Waals surface area contributed by atoms with Gasteiger partial charge in [0.2, 0.25) is 0 Å². The zero-order valence-electron chi connectivity index (χ0n) is 14.0. The third-order valence-corrected chi connectivity index (χ3v) is 3.80. The summed E-state index contributed by atoms with van der Waals surface area (Å²) in [4.78, 5) is 4.62. The number of rotatable bonds is 7. The van der Waals surface area contributed by atoms with E-state index in [2.05, 4.69) is 72.3 Å². The summed E-state index contributed by atoms with van der Waals surface area (Å²) >= 11 is 3.48. The molecule has 0 saturated carbocycles. The fourth-order valence-corrected chi connectivity index (χ4v) is 2.63. The number of guanidine groups is 1. The maximum absolute atomic E-state index is 4.62. The standard InChI is InChI=1S/C16H23BrN6.HI/c1-3-15-22-21-12-23(15)9-8-19-16(18-4-2)20-11-13-6-5-7-14(17)10-13;/h5-7,10,12H,3-4,8-9,11H2,1-2H3,(H2,18,19,20);1H. The van der Waals surface area contributed by atoms with Crippen molar-refractivity contribution >= 4 is 45.9 Å². The monoisotopic (exact) mass is 506 g/mol. The highest BCUT2D eigenvalue weighted by molar-refractivity contribution is 14.0. The Kier molecular flexibility index (Phi) is 9.92. The summed E-state index contributed by atoms with van der Waals surface area (Å²) in [7, 11) is 0. The molecule has 8 heteroatoms. The second-order valence-electron chi connectivity index (χ2n) is 5.05. The SMILES string of the molecule is CCNC(=NCc1cccc(Br)c1)NCCn1cnnc1CC.I. The molecule has 0 aliphatic rings. The van der Waals surface area contributed by atoms with Gasteiger partial charge in [0, 0.05) is 30.5 Å². The molecule has 0 spiro atoms. The first-order chi connectivity index (χ1) is 11.2. The molecule has 0 amide bonds. The Balaban J connectivity index is 0.00000288. The summed E-state index contributed by atoms with van der Waals surface area (Å²) in [5.74, 6) is 1.82. The second kappa shape index (κ2) is 11.4. The Labute approximate surface area is 168 Å². The number of nitrogens with one attached hydrogen (secondary N) is 2. The van der Waals surface area contributed by atoms with Gasteiger partial charge in [-0.15, -0.1) is 34.2 Å². The molecule has 6 nitrogen and oxygen atoms in total.